The highest BCUT2D eigenvalue weighted by Crippen LogP contribution is 2.29. The van der Waals surface area contributed by atoms with Crippen LogP contribution in [-0.2, 0) is 4.79 Å². The van der Waals surface area contributed by atoms with Crippen LogP contribution in [0.5, 0.6) is 0 Å². The SMILES string of the molecule is CCCC(=O)N1CCN(c2ccc(NC(=S)NC(=O)c3ccc(Br)cc3)cc2Cl)CC1. The summed E-state index contributed by atoms with van der Waals surface area (Å²) in [5, 5.41) is 6.44. The van der Waals surface area contributed by atoms with Gasteiger partial charge in [-0.1, -0.05) is 34.5 Å². The van der Waals surface area contributed by atoms with E-state index in [0.29, 0.717) is 35.8 Å². The zero-order valence-electron chi connectivity index (χ0n) is 17.2. The van der Waals surface area contributed by atoms with Gasteiger partial charge in [0.1, 0.15) is 0 Å². The standard InChI is InChI=1S/C22H24BrClN4O2S/c1-2-3-20(29)28-12-10-27(11-13-28)19-9-8-17(14-18(19)24)25-22(31)26-21(30)15-4-6-16(23)7-5-15/h4-9,14H,2-3,10-13H2,1H3,(H2,25,26,30,31). The average molecular weight is 524 g/mol. The lowest BCUT2D eigenvalue weighted by atomic mass is 10.2. The van der Waals surface area contributed by atoms with E-state index in [1.165, 1.54) is 0 Å². The summed E-state index contributed by atoms with van der Waals surface area (Å²) >= 11 is 15.1. The molecule has 0 atom stereocenters. The number of rotatable bonds is 5. The van der Waals surface area contributed by atoms with Crippen molar-refractivity contribution in [3.05, 3.63) is 57.5 Å². The number of piperazine rings is 1. The summed E-state index contributed by atoms with van der Waals surface area (Å²) in [7, 11) is 0. The van der Waals surface area contributed by atoms with E-state index in [0.717, 1.165) is 29.7 Å². The second kappa shape index (κ2) is 10.9. The normalized spacial score (nSPS) is 13.6. The smallest absolute Gasteiger partial charge is 0.257 e. The van der Waals surface area contributed by atoms with E-state index in [4.69, 9.17) is 23.8 Å². The number of amides is 2. The van der Waals surface area contributed by atoms with Crippen molar-refractivity contribution in [3.63, 3.8) is 0 Å². The first kappa shape index (κ1) is 23.5. The Morgan fingerprint density at radius 2 is 1.77 bits per heavy atom. The number of carbonyl (C=O) groups is 2. The van der Waals surface area contributed by atoms with Crippen molar-refractivity contribution in [1.82, 2.24) is 10.2 Å². The highest BCUT2D eigenvalue weighted by Gasteiger charge is 2.22. The molecule has 0 aliphatic carbocycles. The van der Waals surface area contributed by atoms with Gasteiger partial charge in [0, 0.05) is 48.3 Å². The van der Waals surface area contributed by atoms with Crippen LogP contribution >= 0.6 is 39.7 Å². The van der Waals surface area contributed by atoms with E-state index in [9.17, 15) is 9.59 Å². The van der Waals surface area contributed by atoms with Crippen molar-refractivity contribution in [2.45, 2.75) is 19.8 Å². The van der Waals surface area contributed by atoms with Crippen molar-refractivity contribution < 1.29 is 9.59 Å². The lowest BCUT2D eigenvalue weighted by molar-refractivity contribution is -0.131. The summed E-state index contributed by atoms with van der Waals surface area (Å²) in [6, 6.07) is 12.6. The summed E-state index contributed by atoms with van der Waals surface area (Å²) < 4.78 is 0.897. The monoisotopic (exact) mass is 522 g/mol. The van der Waals surface area contributed by atoms with Crippen LogP contribution < -0.4 is 15.5 Å². The van der Waals surface area contributed by atoms with Crippen LogP contribution in [0.2, 0.25) is 5.02 Å². The van der Waals surface area contributed by atoms with Gasteiger partial charge in [0.25, 0.3) is 5.91 Å². The summed E-state index contributed by atoms with van der Waals surface area (Å²) in [6.45, 7) is 4.89. The fraction of sp³-hybridized carbons (Fsp3) is 0.318. The molecule has 1 saturated heterocycles. The lowest BCUT2D eigenvalue weighted by Crippen LogP contribution is -2.48. The molecule has 0 bridgehead atoms. The Morgan fingerprint density at radius 3 is 2.39 bits per heavy atom. The van der Waals surface area contributed by atoms with Gasteiger partial charge in [0.15, 0.2) is 5.11 Å². The van der Waals surface area contributed by atoms with Crippen molar-refractivity contribution in [2.75, 3.05) is 36.4 Å². The van der Waals surface area contributed by atoms with Crippen molar-refractivity contribution in [1.29, 1.82) is 0 Å². The molecule has 0 saturated carbocycles. The first-order valence-corrected chi connectivity index (χ1v) is 11.7. The molecule has 3 rings (SSSR count). The molecule has 2 N–H and O–H groups in total. The Balaban J connectivity index is 1.56. The van der Waals surface area contributed by atoms with Crippen LogP contribution in [0.25, 0.3) is 0 Å². The molecule has 0 spiro atoms. The molecule has 9 heteroatoms. The number of halogens is 2. The molecule has 6 nitrogen and oxygen atoms in total. The fourth-order valence-corrected chi connectivity index (χ4v) is 4.12. The van der Waals surface area contributed by atoms with E-state index < -0.39 is 0 Å². The molecular formula is C22H24BrClN4O2S. The highest BCUT2D eigenvalue weighted by atomic mass is 79.9. The molecule has 164 valence electrons. The van der Waals surface area contributed by atoms with Crippen molar-refractivity contribution in [3.8, 4) is 0 Å². The zero-order valence-corrected chi connectivity index (χ0v) is 20.3. The maximum atomic E-state index is 12.3. The van der Waals surface area contributed by atoms with Crippen LogP contribution in [0.1, 0.15) is 30.1 Å². The largest absolute Gasteiger partial charge is 0.367 e. The van der Waals surface area contributed by atoms with Crippen LogP contribution in [0, 0.1) is 0 Å². The third-order valence-corrected chi connectivity index (χ3v) is 6.01. The number of anilines is 2. The van der Waals surface area contributed by atoms with Gasteiger partial charge in [-0.25, -0.2) is 0 Å². The molecule has 1 aliphatic rings. The molecule has 2 aromatic rings. The summed E-state index contributed by atoms with van der Waals surface area (Å²) in [6.07, 6.45) is 1.46. The Morgan fingerprint density at radius 1 is 1.10 bits per heavy atom. The molecule has 0 aromatic heterocycles. The van der Waals surface area contributed by atoms with Crippen LogP contribution in [0.15, 0.2) is 46.9 Å². The molecule has 1 aliphatic heterocycles. The molecule has 1 fully saturated rings. The molecule has 1 heterocycles. The zero-order chi connectivity index (χ0) is 22.4. The van der Waals surface area contributed by atoms with Crippen molar-refractivity contribution in [2.24, 2.45) is 0 Å². The molecular weight excluding hydrogens is 500 g/mol. The minimum Gasteiger partial charge on any atom is -0.367 e. The number of hydrogen-bond donors (Lipinski definition) is 2. The second-order valence-corrected chi connectivity index (χ2v) is 8.93. The van der Waals surface area contributed by atoms with E-state index in [-0.39, 0.29) is 16.9 Å². The van der Waals surface area contributed by atoms with Gasteiger partial charge in [-0.05, 0) is 61.1 Å². The van der Waals surface area contributed by atoms with Gasteiger partial charge in [0.05, 0.1) is 10.7 Å². The number of nitrogens with zero attached hydrogens (tertiary/aromatic N) is 2. The van der Waals surface area contributed by atoms with E-state index in [1.54, 1.807) is 30.3 Å². The van der Waals surface area contributed by atoms with Crippen LogP contribution in [-0.4, -0.2) is 48.0 Å². The van der Waals surface area contributed by atoms with Crippen LogP contribution in [0.4, 0.5) is 11.4 Å². The molecule has 2 aromatic carbocycles. The Hall–Kier alpha value is -2.16. The van der Waals surface area contributed by atoms with Crippen LogP contribution in [0.3, 0.4) is 0 Å². The van der Waals surface area contributed by atoms with Gasteiger partial charge >= 0.3 is 0 Å². The number of benzene rings is 2. The first-order chi connectivity index (χ1) is 14.9. The number of hydrogen-bond acceptors (Lipinski definition) is 4. The molecule has 0 radical (unpaired) electrons. The summed E-state index contributed by atoms with van der Waals surface area (Å²) in [4.78, 5) is 28.4. The predicted molar refractivity (Wildman–Crippen MR) is 133 cm³/mol. The minimum absolute atomic E-state index is 0.194. The number of carbonyl (C=O) groups excluding carboxylic acids is 2. The quantitative estimate of drug-likeness (QED) is 0.557. The maximum Gasteiger partial charge on any atom is 0.257 e. The molecule has 2 amide bonds. The third-order valence-electron chi connectivity index (χ3n) is 4.98. The Labute approximate surface area is 201 Å². The number of thiocarbonyl (C=S) groups is 1. The Bertz CT molecular complexity index is 962. The van der Waals surface area contributed by atoms with Gasteiger partial charge in [-0.15, -0.1) is 0 Å². The third kappa shape index (κ3) is 6.41. The van der Waals surface area contributed by atoms with Gasteiger partial charge in [0.2, 0.25) is 5.91 Å². The summed E-state index contributed by atoms with van der Waals surface area (Å²) in [5.74, 6) is -0.0744. The summed E-state index contributed by atoms with van der Waals surface area (Å²) in [5.41, 5.74) is 2.11. The molecule has 31 heavy (non-hydrogen) atoms. The molecule has 0 unspecified atom stereocenters. The van der Waals surface area contributed by atoms with Gasteiger partial charge in [-0.2, -0.15) is 0 Å². The maximum absolute atomic E-state index is 12.3. The topological polar surface area (TPSA) is 64.7 Å². The van der Waals surface area contributed by atoms with Gasteiger partial charge < -0.3 is 15.1 Å². The van der Waals surface area contributed by atoms with E-state index in [1.807, 2.05) is 24.0 Å². The predicted octanol–water partition coefficient (Wildman–Crippen LogP) is 4.68. The first-order valence-electron chi connectivity index (χ1n) is 10.1. The van der Waals surface area contributed by atoms with E-state index >= 15 is 0 Å². The minimum atomic E-state index is -0.289. The Kier molecular flexibility index (Phi) is 8.28. The number of nitrogens with one attached hydrogen (secondary N) is 2. The fourth-order valence-electron chi connectivity index (χ4n) is 3.35. The van der Waals surface area contributed by atoms with Gasteiger partial charge in [-0.3, -0.25) is 14.9 Å². The van der Waals surface area contributed by atoms with Crippen molar-refractivity contribution >= 4 is 68.1 Å². The van der Waals surface area contributed by atoms with E-state index in [2.05, 4.69) is 31.5 Å². The average Bonchev–Trinajstić information content (AvgIpc) is 2.74. The lowest BCUT2D eigenvalue weighted by Gasteiger charge is -2.36. The second-order valence-electron chi connectivity index (χ2n) is 7.20. The highest BCUT2D eigenvalue weighted by molar-refractivity contribution is 9.10.